The number of piperidine rings is 2. The van der Waals surface area contributed by atoms with Gasteiger partial charge in [0, 0.05) is 112 Å². The van der Waals surface area contributed by atoms with E-state index in [1.54, 1.807) is 69.8 Å². The number of aromatic nitrogens is 2. The van der Waals surface area contributed by atoms with Crippen molar-refractivity contribution in [1.82, 2.24) is 40.2 Å². The lowest BCUT2D eigenvalue weighted by Gasteiger charge is -2.35. The van der Waals surface area contributed by atoms with E-state index in [1.165, 1.54) is 48.2 Å². The van der Waals surface area contributed by atoms with Crippen molar-refractivity contribution in [2.24, 2.45) is 11.8 Å². The van der Waals surface area contributed by atoms with Crippen LogP contribution in [-0.2, 0) is 75.1 Å². The number of anilines is 2. The number of hydrogen-bond donors (Lipinski definition) is 4. The number of aromatic amines is 2. The SMILES string of the molecule is C[C@@H](C(=O)N[C@@H](CC1CCN(C(=O)CCCCC(=O)N2CCC(C[C@H](NC(=O)[C@H](C)N(C)C(=O)OCc3ccccc3)C(=O)N3CC(C)(C)c4[nH]c(=O)c(Cc5ccc(F)cc5)cc43)CC2)CC1)C(=O)N1CC(C)(C)c2[nH]c(=O)c(Cc3ccc(F)cc3)cc21)N(C)C(=O)OCc1ccccc1. The summed E-state index contributed by atoms with van der Waals surface area (Å²) in [6.45, 7) is 12.8. The Hall–Kier alpha value is -10.0. The molecular formula is C78H94F2N10O12. The van der Waals surface area contributed by atoms with Crippen molar-refractivity contribution in [3.63, 3.8) is 0 Å². The Balaban J connectivity index is 0.736. The van der Waals surface area contributed by atoms with Gasteiger partial charge < -0.3 is 49.7 Å². The van der Waals surface area contributed by atoms with E-state index < -0.39 is 82.4 Å². The third kappa shape index (κ3) is 18.4. The number of carbonyl (C=O) groups excluding carboxylic acids is 8. The summed E-state index contributed by atoms with van der Waals surface area (Å²) < 4.78 is 38.8. The van der Waals surface area contributed by atoms with Crippen molar-refractivity contribution in [1.29, 1.82) is 0 Å². The molecule has 6 aromatic rings. The first-order valence-electron chi connectivity index (χ1n) is 35.3. The largest absolute Gasteiger partial charge is 0.445 e. The van der Waals surface area contributed by atoms with E-state index in [1.807, 2.05) is 88.4 Å². The van der Waals surface area contributed by atoms with E-state index in [-0.39, 0.29) is 99.6 Å². The predicted molar refractivity (Wildman–Crippen MR) is 381 cm³/mol. The molecule has 6 heterocycles. The molecule has 8 amide bonds. The van der Waals surface area contributed by atoms with E-state index in [2.05, 4.69) is 20.6 Å². The number of fused-ring (bicyclic) bond motifs is 2. The number of ether oxygens (including phenoxy) is 2. The van der Waals surface area contributed by atoms with Crippen LogP contribution >= 0.6 is 0 Å². The minimum atomic E-state index is -1.07. The summed E-state index contributed by atoms with van der Waals surface area (Å²) in [6.07, 6.45) is 2.88. The number of unbranched alkanes of at least 4 members (excludes halogenated alkanes) is 1. The summed E-state index contributed by atoms with van der Waals surface area (Å²) in [5.41, 5.74) is 3.75. The van der Waals surface area contributed by atoms with Crippen LogP contribution in [0.3, 0.4) is 0 Å². The van der Waals surface area contributed by atoms with Crippen LogP contribution in [0.25, 0.3) is 0 Å². The fourth-order valence-electron chi connectivity index (χ4n) is 14.1. The van der Waals surface area contributed by atoms with Gasteiger partial charge in [0.1, 0.15) is 49.0 Å². The normalized spacial score (nSPS) is 16.8. The summed E-state index contributed by atoms with van der Waals surface area (Å²) >= 11 is 0. The second-order valence-corrected chi connectivity index (χ2v) is 29.1. The quantitative estimate of drug-likeness (QED) is 0.0391. The molecule has 0 bridgehead atoms. The number of halogens is 2. The van der Waals surface area contributed by atoms with Gasteiger partial charge in [-0.1, -0.05) is 113 Å². The molecule has 2 fully saturated rings. The zero-order chi connectivity index (χ0) is 73.2. The smallest absolute Gasteiger partial charge is 0.410 e. The van der Waals surface area contributed by atoms with Gasteiger partial charge in [0.05, 0.1) is 11.4 Å². The average Bonchev–Trinajstić information content (AvgIpc) is 1.60. The van der Waals surface area contributed by atoms with Crippen LogP contribution in [0.4, 0.5) is 29.7 Å². The maximum Gasteiger partial charge on any atom is 0.410 e. The van der Waals surface area contributed by atoms with Gasteiger partial charge in [0.15, 0.2) is 0 Å². The van der Waals surface area contributed by atoms with Crippen molar-refractivity contribution in [2.75, 3.05) is 63.2 Å². The first-order chi connectivity index (χ1) is 48.6. The number of rotatable bonds is 25. The van der Waals surface area contributed by atoms with Gasteiger partial charge in [-0.25, -0.2) is 18.4 Å². The highest BCUT2D eigenvalue weighted by atomic mass is 19.1. The standard InChI is InChI=1S/C78H94F2N10O12/c1-49(85(7)75(99)101-45-55-17-11-9-12-18-55)69(93)81-61(73(97)89-47-77(3,4)67-63(89)43-57(71(95)83-67)39-51-23-27-59(79)28-24-51)41-53-31-35-87(36-32-53)65(91)21-15-16-22-66(92)88-37-33-54(34-38-88)42-62(82-70(94)50(2)86(8)76(100)102-46-56-19-13-10-14-20-56)74(98)90-48-78(5,6)68-64(90)44-58(72(96)84-68)40-52-25-29-60(80)30-26-52/h9-14,17-20,23-30,43-44,49-50,53-54,61-62H,15-16,21-22,31-42,45-48H2,1-8H3,(H,81,93)(H,82,94)(H,83,95)(H,84,96)/t49-,50-,61-,62-/m0/s1. The fraction of sp³-hybridized carbons (Fsp3) is 0.462. The third-order valence-corrected chi connectivity index (χ3v) is 20.6. The van der Waals surface area contributed by atoms with E-state index >= 15 is 9.59 Å². The summed E-state index contributed by atoms with van der Waals surface area (Å²) in [5, 5.41) is 5.97. The lowest BCUT2D eigenvalue weighted by Crippen LogP contribution is -2.55. The molecule has 4 aliphatic rings. The van der Waals surface area contributed by atoms with Crippen molar-refractivity contribution in [3.05, 3.63) is 198 Å². The second-order valence-electron chi connectivity index (χ2n) is 29.1. The molecule has 542 valence electrons. The zero-order valence-electron chi connectivity index (χ0n) is 59.5. The van der Waals surface area contributed by atoms with E-state index in [0.717, 1.165) is 11.1 Å². The lowest BCUT2D eigenvalue weighted by atomic mass is 9.89. The number of nitrogens with one attached hydrogen (secondary N) is 4. The molecule has 2 saturated heterocycles. The number of pyridine rings is 2. The molecule has 0 saturated carbocycles. The highest BCUT2D eigenvalue weighted by molar-refractivity contribution is 6.03. The molecule has 0 radical (unpaired) electrons. The van der Waals surface area contributed by atoms with Crippen molar-refractivity contribution >= 4 is 59.0 Å². The summed E-state index contributed by atoms with van der Waals surface area (Å²) in [5.74, 6) is -3.11. The Kier molecular flexibility index (Phi) is 24.0. The molecule has 4 atom stereocenters. The molecule has 2 aromatic heterocycles. The summed E-state index contributed by atoms with van der Waals surface area (Å²) in [4.78, 5) is 155. The predicted octanol–water partition coefficient (Wildman–Crippen LogP) is 9.57. The summed E-state index contributed by atoms with van der Waals surface area (Å²) in [6, 6.07) is 29.1. The van der Waals surface area contributed by atoms with E-state index in [9.17, 15) is 47.1 Å². The number of benzene rings is 4. The second kappa shape index (κ2) is 32.8. The number of carbonyl (C=O) groups is 8. The Bertz CT molecular complexity index is 3870. The molecule has 4 aliphatic heterocycles. The van der Waals surface area contributed by atoms with Gasteiger partial charge in [-0.2, -0.15) is 0 Å². The molecule has 4 N–H and O–H groups in total. The number of amides is 8. The van der Waals surface area contributed by atoms with Crippen LogP contribution in [0.2, 0.25) is 0 Å². The van der Waals surface area contributed by atoms with Crippen LogP contribution in [0.15, 0.2) is 131 Å². The Labute approximate surface area is 593 Å². The maximum absolute atomic E-state index is 15.1. The average molecular weight is 1400 g/mol. The third-order valence-electron chi connectivity index (χ3n) is 20.6. The van der Waals surface area contributed by atoms with Crippen molar-refractivity contribution < 1.29 is 56.6 Å². The van der Waals surface area contributed by atoms with Crippen LogP contribution in [0, 0.1) is 23.5 Å². The van der Waals surface area contributed by atoms with E-state index in [0.29, 0.717) is 110 Å². The molecule has 0 aliphatic carbocycles. The molecule has 0 spiro atoms. The van der Waals surface area contributed by atoms with Gasteiger partial charge in [0.2, 0.25) is 35.4 Å². The number of likely N-dealkylation sites (N-methyl/N-ethyl adjacent to an activating group) is 2. The van der Waals surface area contributed by atoms with Gasteiger partial charge >= 0.3 is 12.2 Å². The highest BCUT2D eigenvalue weighted by Crippen LogP contribution is 2.42. The van der Waals surface area contributed by atoms with Gasteiger partial charge in [-0.3, -0.25) is 48.2 Å². The molecule has 22 nitrogen and oxygen atoms in total. The molecule has 4 aromatic carbocycles. The highest BCUT2D eigenvalue weighted by Gasteiger charge is 2.45. The van der Waals surface area contributed by atoms with Crippen molar-refractivity contribution in [2.45, 2.75) is 167 Å². The first-order valence-corrected chi connectivity index (χ1v) is 35.3. The van der Waals surface area contributed by atoms with E-state index in [4.69, 9.17) is 9.47 Å². The number of likely N-dealkylation sites (tertiary alicyclic amines) is 2. The lowest BCUT2D eigenvalue weighted by molar-refractivity contribution is -0.135. The number of nitrogens with zero attached hydrogens (tertiary/aromatic N) is 6. The Morgan fingerprint density at radius 2 is 0.863 bits per heavy atom. The number of H-pyrrole nitrogens is 2. The molecular weight excluding hydrogens is 1310 g/mol. The van der Waals surface area contributed by atoms with Crippen LogP contribution in [-0.4, -0.2) is 155 Å². The van der Waals surface area contributed by atoms with Crippen LogP contribution in [0.5, 0.6) is 0 Å². The van der Waals surface area contributed by atoms with Crippen LogP contribution < -0.4 is 31.6 Å². The summed E-state index contributed by atoms with van der Waals surface area (Å²) in [7, 11) is 2.91. The number of hydrogen-bond acceptors (Lipinski definition) is 12. The monoisotopic (exact) mass is 1400 g/mol. The van der Waals surface area contributed by atoms with Gasteiger partial charge in [0.25, 0.3) is 11.1 Å². The fourth-order valence-corrected chi connectivity index (χ4v) is 14.1. The van der Waals surface area contributed by atoms with Crippen molar-refractivity contribution in [3.8, 4) is 0 Å². The Morgan fingerprint density at radius 1 is 0.520 bits per heavy atom. The Morgan fingerprint density at radius 3 is 1.21 bits per heavy atom. The topological polar surface area (TPSA) is 264 Å². The molecule has 10 rings (SSSR count). The molecule has 102 heavy (non-hydrogen) atoms. The van der Waals surface area contributed by atoms with Gasteiger partial charge in [-0.05, 0) is 136 Å². The molecule has 24 heteroatoms. The zero-order valence-corrected chi connectivity index (χ0v) is 59.5. The van der Waals surface area contributed by atoms with Gasteiger partial charge in [-0.15, -0.1) is 0 Å². The first kappa shape index (κ1) is 74.7. The maximum atomic E-state index is 15.1. The van der Waals surface area contributed by atoms with Crippen LogP contribution in [0.1, 0.15) is 151 Å². The minimum Gasteiger partial charge on any atom is -0.445 e. The minimum absolute atomic E-state index is 0.00793. The molecule has 0 unspecified atom stereocenters.